The van der Waals surface area contributed by atoms with Crippen LogP contribution in [0.4, 0.5) is 16.5 Å². The van der Waals surface area contributed by atoms with Gasteiger partial charge in [0.2, 0.25) is 0 Å². The molecule has 2 aromatic rings. The van der Waals surface area contributed by atoms with Crippen molar-refractivity contribution in [3.8, 4) is 0 Å². The van der Waals surface area contributed by atoms with Crippen LogP contribution in [0.2, 0.25) is 0 Å². The van der Waals surface area contributed by atoms with Crippen LogP contribution < -0.4 is 15.1 Å². The van der Waals surface area contributed by atoms with Gasteiger partial charge in [-0.05, 0) is 43.7 Å². The Morgan fingerprint density at radius 3 is 2.55 bits per heavy atom. The number of piperidine rings is 2. The van der Waals surface area contributed by atoms with Crippen LogP contribution in [0, 0.1) is 5.92 Å². The zero-order valence-electron chi connectivity index (χ0n) is 17.0. The fourth-order valence-corrected chi connectivity index (χ4v) is 5.05. The Morgan fingerprint density at radius 2 is 1.83 bits per heavy atom. The number of carbonyl (C=O) groups excluding carboxylic acids is 1. The van der Waals surface area contributed by atoms with Crippen molar-refractivity contribution in [2.45, 2.75) is 45.1 Å². The molecule has 0 atom stereocenters. The lowest BCUT2D eigenvalue weighted by molar-refractivity contribution is 0.102. The van der Waals surface area contributed by atoms with E-state index >= 15 is 0 Å². The molecule has 0 aliphatic carbocycles. The molecule has 0 unspecified atom stereocenters. The van der Waals surface area contributed by atoms with Crippen molar-refractivity contribution in [3.63, 3.8) is 0 Å². The van der Waals surface area contributed by atoms with Crippen LogP contribution in [0.25, 0.3) is 0 Å². The second-order valence-electron chi connectivity index (χ2n) is 8.04. The van der Waals surface area contributed by atoms with Gasteiger partial charge in [0.25, 0.3) is 5.91 Å². The summed E-state index contributed by atoms with van der Waals surface area (Å²) in [5.74, 6) is 0.654. The number of aromatic nitrogens is 1. The summed E-state index contributed by atoms with van der Waals surface area (Å²) in [6.45, 7) is 5.90. The van der Waals surface area contributed by atoms with E-state index in [2.05, 4.69) is 27.0 Å². The third-order valence-corrected chi connectivity index (χ3v) is 7.05. The Hall–Kier alpha value is -2.12. The first-order valence-electron chi connectivity index (χ1n) is 10.7. The minimum atomic E-state index is -0.219. The van der Waals surface area contributed by atoms with Gasteiger partial charge >= 0.3 is 0 Å². The summed E-state index contributed by atoms with van der Waals surface area (Å²) in [6, 6.07) is 7.87. The molecule has 1 aromatic carbocycles. The molecule has 2 N–H and O–H groups in total. The van der Waals surface area contributed by atoms with Crippen molar-refractivity contribution in [1.29, 1.82) is 0 Å². The summed E-state index contributed by atoms with van der Waals surface area (Å²) in [4.78, 5) is 22.0. The molecule has 0 radical (unpaired) electrons. The molecule has 7 heteroatoms. The predicted molar refractivity (Wildman–Crippen MR) is 119 cm³/mol. The number of aliphatic hydroxyl groups is 1. The number of rotatable bonds is 5. The number of nitrogens with zero attached hydrogens (tertiary/aromatic N) is 3. The van der Waals surface area contributed by atoms with Gasteiger partial charge in [0.15, 0.2) is 5.13 Å². The Bertz CT molecular complexity index is 824. The van der Waals surface area contributed by atoms with Crippen molar-refractivity contribution < 1.29 is 9.90 Å². The Labute approximate surface area is 176 Å². The quantitative estimate of drug-likeness (QED) is 0.774. The highest BCUT2D eigenvalue weighted by Crippen LogP contribution is 2.30. The lowest BCUT2D eigenvalue weighted by atomic mass is 9.95. The minimum Gasteiger partial charge on any atom is -0.393 e. The highest BCUT2D eigenvalue weighted by atomic mass is 32.1. The first kappa shape index (κ1) is 20.2. The topological polar surface area (TPSA) is 68.7 Å². The Morgan fingerprint density at radius 1 is 1.14 bits per heavy atom. The highest BCUT2D eigenvalue weighted by molar-refractivity contribution is 7.14. The minimum absolute atomic E-state index is 0.166. The third kappa shape index (κ3) is 4.73. The molecule has 0 bridgehead atoms. The molecule has 2 saturated heterocycles. The van der Waals surface area contributed by atoms with Crippen LogP contribution in [0.5, 0.6) is 0 Å². The molecule has 6 nitrogen and oxygen atoms in total. The van der Waals surface area contributed by atoms with E-state index in [-0.39, 0.29) is 12.0 Å². The summed E-state index contributed by atoms with van der Waals surface area (Å²) >= 11 is 1.55. The number of benzene rings is 1. The number of hydrogen-bond acceptors (Lipinski definition) is 6. The number of aliphatic hydroxyl groups excluding tert-OH is 1. The molecule has 0 saturated carbocycles. The number of amides is 1. The van der Waals surface area contributed by atoms with Crippen molar-refractivity contribution in [3.05, 3.63) is 35.3 Å². The molecule has 2 aliphatic heterocycles. The van der Waals surface area contributed by atoms with Crippen molar-refractivity contribution in [2.75, 3.05) is 41.3 Å². The lowest BCUT2D eigenvalue weighted by Crippen LogP contribution is -2.36. The van der Waals surface area contributed by atoms with Crippen LogP contribution >= 0.6 is 11.3 Å². The lowest BCUT2D eigenvalue weighted by Gasteiger charge is -2.32. The molecule has 0 spiro atoms. The van der Waals surface area contributed by atoms with Gasteiger partial charge in [0, 0.05) is 31.6 Å². The molecule has 2 aliphatic rings. The first-order valence-corrected chi connectivity index (χ1v) is 11.6. The van der Waals surface area contributed by atoms with E-state index in [1.54, 1.807) is 11.3 Å². The summed E-state index contributed by atoms with van der Waals surface area (Å²) in [7, 11) is 0. The molecule has 2 fully saturated rings. The molecular weight excluding hydrogens is 384 g/mol. The monoisotopic (exact) mass is 414 g/mol. The molecule has 3 heterocycles. The van der Waals surface area contributed by atoms with Gasteiger partial charge < -0.3 is 20.2 Å². The smallest absolute Gasteiger partial charge is 0.275 e. The van der Waals surface area contributed by atoms with Crippen molar-refractivity contribution in [1.82, 2.24) is 4.98 Å². The van der Waals surface area contributed by atoms with Gasteiger partial charge in [-0.2, -0.15) is 0 Å². The highest BCUT2D eigenvalue weighted by Gasteiger charge is 2.23. The summed E-state index contributed by atoms with van der Waals surface area (Å²) in [6.07, 6.45) is 4.95. The van der Waals surface area contributed by atoms with E-state index in [9.17, 15) is 9.90 Å². The van der Waals surface area contributed by atoms with Gasteiger partial charge in [0.1, 0.15) is 5.69 Å². The number of carbonyl (C=O) groups is 1. The standard InChI is InChI=1S/C22H30N4O2S/c1-2-16-7-11-26(12-8-16)22-24-19(15-29-22)21(28)23-18-5-3-4-6-20(18)25-13-9-17(27)10-14-25/h3-6,15-17,27H,2,7-14H2,1H3,(H,23,28). The number of nitrogens with one attached hydrogen (secondary N) is 1. The summed E-state index contributed by atoms with van der Waals surface area (Å²) < 4.78 is 0. The normalized spacial score (nSPS) is 18.8. The second kappa shape index (κ2) is 9.13. The maximum atomic E-state index is 12.9. The molecule has 1 aromatic heterocycles. The summed E-state index contributed by atoms with van der Waals surface area (Å²) in [5, 5.41) is 15.6. The molecular formula is C22H30N4O2S. The average Bonchev–Trinajstić information content (AvgIpc) is 3.25. The van der Waals surface area contributed by atoms with Gasteiger partial charge in [-0.3, -0.25) is 4.79 Å². The fraction of sp³-hybridized carbons (Fsp3) is 0.545. The van der Waals surface area contributed by atoms with Gasteiger partial charge in [0.05, 0.1) is 17.5 Å². The predicted octanol–water partition coefficient (Wildman–Crippen LogP) is 3.98. The van der Waals surface area contributed by atoms with Crippen LogP contribution in [0.1, 0.15) is 49.5 Å². The van der Waals surface area contributed by atoms with Crippen molar-refractivity contribution >= 4 is 33.8 Å². The van der Waals surface area contributed by atoms with Crippen molar-refractivity contribution in [2.24, 2.45) is 5.92 Å². The van der Waals surface area contributed by atoms with Gasteiger partial charge in [-0.15, -0.1) is 11.3 Å². The third-order valence-electron chi connectivity index (χ3n) is 6.14. The van der Waals surface area contributed by atoms with E-state index in [1.807, 2.05) is 29.6 Å². The van der Waals surface area contributed by atoms with Crippen LogP contribution in [0.15, 0.2) is 29.6 Å². The van der Waals surface area contributed by atoms with E-state index < -0.39 is 0 Å². The number of hydrogen-bond donors (Lipinski definition) is 2. The van der Waals surface area contributed by atoms with Gasteiger partial charge in [-0.25, -0.2) is 4.98 Å². The zero-order chi connectivity index (χ0) is 20.2. The van der Waals surface area contributed by atoms with Crippen LogP contribution in [0.3, 0.4) is 0 Å². The average molecular weight is 415 g/mol. The second-order valence-corrected chi connectivity index (χ2v) is 8.88. The zero-order valence-corrected chi connectivity index (χ0v) is 17.8. The molecule has 1 amide bonds. The maximum Gasteiger partial charge on any atom is 0.275 e. The van der Waals surface area contributed by atoms with E-state index in [0.717, 1.165) is 61.4 Å². The van der Waals surface area contributed by atoms with Crippen LogP contribution in [-0.2, 0) is 0 Å². The number of anilines is 3. The number of thiazole rings is 1. The van der Waals surface area contributed by atoms with E-state index in [4.69, 9.17) is 0 Å². The summed E-state index contributed by atoms with van der Waals surface area (Å²) in [5.41, 5.74) is 2.28. The maximum absolute atomic E-state index is 12.9. The van der Waals surface area contributed by atoms with E-state index in [0.29, 0.717) is 5.69 Å². The molecule has 4 rings (SSSR count). The largest absolute Gasteiger partial charge is 0.393 e. The SMILES string of the molecule is CCC1CCN(c2nc(C(=O)Nc3ccccc3N3CCC(O)CC3)cs2)CC1. The first-order chi connectivity index (χ1) is 14.1. The van der Waals surface area contributed by atoms with Crippen LogP contribution in [-0.4, -0.2) is 48.3 Å². The molecule has 156 valence electrons. The Balaban J connectivity index is 1.42. The van der Waals surface area contributed by atoms with E-state index in [1.165, 1.54) is 19.3 Å². The number of para-hydroxylation sites is 2. The molecule has 29 heavy (non-hydrogen) atoms. The Kier molecular flexibility index (Phi) is 6.35. The fourth-order valence-electron chi connectivity index (χ4n) is 4.19. The van der Waals surface area contributed by atoms with Gasteiger partial charge in [-0.1, -0.05) is 25.5 Å².